The van der Waals surface area contributed by atoms with Crippen LogP contribution in [0.2, 0.25) is 0 Å². The van der Waals surface area contributed by atoms with Crippen LogP contribution in [-0.2, 0) is 4.74 Å². The van der Waals surface area contributed by atoms with E-state index in [0.717, 1.165) is 23.4 Å². The van der Waals surface area contributed by atoms with Gasteiger partial charge in [0.25, 0.3) is 5.91 Å². The van der Waals surface area contributed by atoms with Crippen LogP contribution in [0.15, 0.2) is 67.0 Å². The fourth-order valence-corrected chi connectivity index (χ4v) is 2.60. The number of amides is 1. The van der Waals surface area contributed by atoms with Crippen LogP contribution in [0.3, 0.4) is 0 Å². The number of rotatable bonds is 8. The number of hydrogen-bond acceptors (Lipinski definition) is 5. The number of ether oxygens (including phenoxy) is 1. The lowest BCUT2D eigenvalue weighted by Crippen LogP contribution is -2.25. The highest BCUT2D eigenvalue weighted by Crippen LogP contribution is 2.21. The average molecular weight is 362 g/mol. The maximum absolute atomic E-state index is 12.2. The van der Waals surface area contributed by atoms with E-state index in [2.05, 4.69) is 20.6 Å². The Morgan fingerprint density at radius 2 is 1.89 bits per heavy atom. The Kier molecular flexibility index (Phi) is 6.49. The zero-order valence-corrected chi connectivity index (χ0v) is 15.2. The number of nitrogens with zero attached hydrogens (tertiary/aromatic N) is 2. The minimum absolute atomic E-state index is 0.109. The van der Waals surface area contributed by atoms with Crippen LogP contribution in [0.5, 0.6) is 0 Å². The van der Waals surface area contributed by atoms with Crippen LogP contribution >= 0.6 is 0 Å². The molecule has 3 aromatic rings. The van der Waals surface area contributed by atoms with Gasteiger partial charge in [0, 0.05) is 43.1 Å². The first-order valence-electron chi connectivity index (χ1n) is 8.78. The molecular weight excluding hydrogens is 340 g/mol. The number of nitrogens with one attached hydrogen (secondary N) is 2. The van der Waals surface area contributed by atoms with Crippen molar-refractivity contribution in [2.75, 3.05) is 25.6 Å². The first-order valence-corrected chi connectivity index (χ1v) is 8.78. The second-order valence-corrected chi connectivity index (χ2v) is 5.96. The van der Waals surface area contributed by atoms with Crippen molar-refractivity contribution in [3.63, 3.8) is 0 Å². The molecule has 6 heteroatoms. The second-order valence-electron chi connectivity index (χ2n) is 5.96. The molecule has 1 aromatic heterocycles. The maximum atomic E-state index is 12.2. The molecule has 0 saturated heterocycles. The quantitative estimate of drug-likeness (QED) is 0.598. The topological polar surface area (TPSA) is 76.1 Å². The van der Waals surface area contributed by atoms with Crippen molar-refractivity contribution < 1.29 is 9.53 Å². The Morgan fingerprint density at radius 3 is 2.70 bits per heavy atom. The van der Waals surface area contributed by atoms with Gasteiger partial charge in [0.2, 0.25) is 0 Å². The van der Waals surface area contributed by atoms with Crippen molar-refractivity contribution >= 4 is 17.4 Å². The molecule has 0 saturated carbocycles. The highest BCUT2D eigenvalue weighted by atomic mass is 16.5. The first-order chi connectivity index (χ1) is 13.3. The van der Waals surface area contributed by atoms with Gasteiger partial charge in [0.05, 0.1) is 5.69 Å². The molecule has 2 aromatic carbocycles. The molecule has 1 amide bonds. The van der Waals surface area contributed by atoms with E-state index in [1.165, 1.54) is 6.33 Å². The molecule has 0 atom stereocenters. The molecule has 0 bridgehead atoms. The lowest BCUT2D eigenvalue weighted by Gasteiger charge is -2.09. The van der Waals surface area contributed by atoms with Crippen molar-refractivity contribution in [3.8, 4) is 11.3 Å². The standard InChI is InChI=1S/C21H22N4O2/c1-27-12-6-11-22-21(26)17-9-5-10-18(13-17)25-20-14-19(23-15-24-20)16-7-3-2-4-8-16/h2-5,7-10,13-15H,6,11-12H2,1H3,(H,22,26)(H,23,24,25). The normalized spacial score (nSPS) is 10.4. The summed E-state index contributed by atoms with van der Waals surface area (Å²) in [6.45, 7) is 1.20. The monoisotopic (exact) mass is 362 g/mol. The van der Waals surface area contributed by atoms with E-state index in [1.54, 1.807) is 19.2 Å². The van der Waals surface area contributed by atoms with Gasteiger partial charge >= 0.3 is 0 Å². The SMILES string of the molecule is COCCCNC(=O)c1cccc(Nc2cc(-c3ccccc3)ncn2)c1. The van der Waals surface area contributed by atoms with Gasteiger partial charge < -0.3 is 15.4 Å². The lowest BCUT2D eigenvalue weighted by atomic mass is 10.1. The van der Waals surface area contributed by atoms with Crippen LogP contribution in [0.25, 0.3) is 11.3 Å². The van der Waals surface area contributed by atoms with E-state index >= 15 is 0 Å². The molecule has 0 aliphatic heterocycles. The van der Waals surface area contributed by atoms with Gasteiger partial charge in [-0.25, -0.2) is 9.97 Å². The summed E-state index contributed by atoms with van der Waals surface area (Å²) >= 11 is 0. The van der Waals surface area contributed by atoms with Crippen molar-refractivity contribution in [3.05, 3.63) is 72.6 Å². The van der Waals surface area contributed by atoms with Crippen LogP contribution in [0.4, 0.5) is 11.5 Å². The minimum Gasteiger partial charge on any atom is -0.385 e. The molecule has 2 N–H and O–H groups in total. The summed E-state index contributed by atoms with van der Waals surface area (Å²) in [7, 11) is 1.65. The largest absolute Gasteiger partial charge is 0.385 e. The average Bonchev–Trinajstić information content (AvgIpc) is 2.72. The van der Waals surface area contributed by atoms with E-state index in [4.69, 9.17) is 4.74 Å². The fourth-order valence-electron chi connectivity index (χ4n) is 2.60. The molecule has 0 unspecified atom stereocenters. The fraction of sp³-hybridized carbons (Fsp3) is 0.190. The van der Waals surface area contributed by atoms with Crippen LogP contribution in [-0.4, -0.2) is 36.1 Å². The predicted molar refractivity (Wildman–Crippen MR) is 106 cm³/mol. The molecule has 27 heavy (non-hydrogen) atoms. The molecule has 0 fully saturated rings. The summed E-state index contributed by atoms with van der Waals surface area (Å²) in [5.74, 6) is 0.559. The van der Waals surface area contributed by atoms with E-state index in [1.807, 2.05) is 48.5 Å². The lowest BCUT2D eigenvalue weighted by molar-refractivity contribution is 0.0948. The van der Waals surface area contributed by atoms with Crippen LogP contribution in [0, 0.1) is 0 Å². The van der Waals surface area contributed by atoms with E-state index < -0.39 is 0 Å². The Hall–Kier alpha value is -3.25. The number of aromatic nitrogens is 2. The third-order valence-electron chi connectivity index (χ3n) is 3.94. The van der Waals surface area contributed by atoms with Crippen molar-refractivity contribution in [2.45, 2.75) is 6.42 Å². The molecule has 0 aliphatic carbocycles. The van der Waals surface area contributed by atoms with Gasteiger partial charge in [-0.1, -0.05) is 36.4 Å². The molecule has 6 nitrogen and oxygen atoms in total. The summed E-state index contributed by atoms with van der Waals surface area (Å²) in [5, 5.41) is 6.12. The highest BCUT2D eigenvalue weighted by Gasteiger charge is 2.07. The van der Waals surface area contributed by atoms with Crippen LogP contribution in [0.1, 0.15) is 16.8 Å². The maximum Gasteiger partial charge on any atom is 0.251 e. The van der Waals surface area contributed by atoms with E-state index in [9.17, 15) is 4.79 Å². The molecule has 0 radical (unpaired) electrons. The van der Waals surface area contributed by atoms with Gasteiger partial charge in [0.15, 0.2) is 0 Å². The minimum atomic E-state index is -0.109. The Labute approximate surface area is 158 Å². The van der Waals surface area contributed by atoms with Crippen LogP contribution < -0.4 is 10.6 Å². The summed E-state index contributed by atoms with van der Waals surface area (Å²) in [6, 6.07) is 19.1. The van der Waals surface area contributed by atoms with E-state index in [0.29, 0.717) is 24.5 Å². The predicted octanol–water partition coefficient (Wildman–Crippen LogP) is 3.65. The number of anilines is 2. The number of methoxy groups -OCH3 is 1. The molecule has 138 valence electrons. The van der Waals surface area contributed by atoms with Gasteiger partial charge in [-0.15, -0.1) is 0 Å². The summed E-state index contributed by atoms with van der Waals surface area (Å²) in [4.78, 5) is 20.8. The molecule has 3 rings (SSSR count). The highest BCUT2D eigenvalue weighted by molar-refractivity contribution is 5.95. The number of carbonyl (C=O) groups excluding carboxylic acids is 1. The third kappa shape index (κ3) is 5.36. The Bertz CT molecular complexity index is 884. The van der Waals surface area contributed by atoms with Gasteiger partial charge in [-0.05, 0) is 24.6 Å². The van der Waals surface area contributed by atoms with Crippen molar-refractivity contribution in [1.82, 2.24) is 15.3 Å². The summed E-state index contributed by atoms with van der Waals surface area (Å²) in [6.07, 6.45) is 2.31. The van der Waals surface area contributed by atoms with Gasteiger partial charge in [0.1, 0.15) is 12.1 Å². The molecular formula is C21H22N4O2. The number of benzene rings is 2. The summed E-state index contributed by atoms with van der Waals surface area (Å²) < 4.78 is 4.98. The zero-order valence-electron chi connectivity index (χ0n) is 15.2. The van der Waals surface area contributed by atoms with Gasteiger partial charge in [-0.2, -0.15) is 0 Å². The second kappa shape index (κ2) is 9.45. The Morgan fingerprint density at radius 1 is 1.04 bits per heavy atom. The van der Waals surface area contributed by atoms with Crippen molar-refractivity contribution in [2.24, 2.45) is 0 Å². The smallest absolute Gasteiger partial charge is 0.251 e. The van der Waals surface area contributed by atoms with E-state index in [-0.39, 0.29) is 5.91 Å². The number of hydrogen-bond donors (Lipinski definition) is 2. The number of carbonyl (C=O) groups is 1. The molecule has 0 spiro atoms. The van der Waals surface area contributed by atoms with Crippen molar-refractivity contribution in [1.29, 1.82) is 0 Å². The van der Waals surface area contributed by atoms with Gasteiger partial charge in [-0.3, -0.25) is 4.79 Å². The first kappa shape index (κ1) is 18.5. The zero-order chi connectivity index (χ0) is 18.9. The Balaban J connectivity index is 1.69. The summed E-state index contributed by atoms with van der Waals surface area (Å²) in [5.41, 5.74) is 3.24. The molecule has 1 heterocycles. The third-order valence-corrected chi connectivity index (χ3v) is 3.94. The molecule has 0 aliphatic rings.